The van der Waals surface area contributed by atoms with Crippen molar-refractivity contribution in [1.29, 1.82) is 0 Å². The second kappa shape index (κ2) is 12.2. The molecule has 12 nitrogen and oxygen atoms in total. The highest BCUT2D eigenvalue weighted by atomic mass is 19.4. The predicted molar refractivity (Wildman–Crippen MR) is 148 cm³/mol. The molecule has 3 aromatic rings. The fourth-order valence-corrected chi connectivity index (χ4v) is 5.00. The number of nitrogens with zero attached hydrogens (tertiary/aromatic N) is 6. The number of hydrogen-bond donors (Lipinski definition) is 3. The summed E-state index contributed by atoms with van der Waals surface area (Å²) in [6.45, 7) is 6.52. The summed E-state index contributed by atoms with van der Waals surface area (Å²) in [4.78, 5) is 37.4. The number of halogens is 3. The first-order valence-electron chi connectivity index (χ1n) is 13.7. The number of rotatable bonds is 10. The van der Waals surface area contributed by atoms with Crippen LogP contribution in [0.1, 0.15) is 46.2 Å². The molecule has 0 unspecified atom stereocenters. The number of alkyl halides is 3. The van der Waals surface area contributed by atoms with E-state index in [1.807, 2.05) is 6.92 Å². The van der Waals surface area contributed by atoms with Crippen LogP contribution in [0.15, 0.2) is 30.6 Å². The van der Waals surface area contributed by atoms with Crippen molar-refractivity contribution in [3.05, 3.63) is 47.4 Å². The van der Waals surface area contributed by atoms with Crippen LogP contribution in [-0.2, 0) is 12.7 Å². The van der Waals surface area contributed by atoms with E-state index < -0.39 is 17.6 Å². The first-order chi connectivity index (χ1) is 20.2. The largest absolute Gasteiger partial charge is 0.495 e. The Labute approximate surface area is 240 Å². The maximum absolute atomic E-state index is 13.9. The number of fused-ring (bicyclic) bond motifs is 1. The number of methoxy groups -OCH3 is 1. The fourth-order valence-electron chi connectivity index (χ4n) is 5.00. The lowest BCUT2D eigenvalue weighted by Gasteiger charge is -2.27. The quantitative estimate of drug-likeness (QED) is 0.326. The molecule has 1 aromatic carbocycles. The predicted octanol–water partition coefficient (Wildman–Crippen LogP) is 3.49. The number of carbonyl (C=O) groups is 2. The molecule has 4 heterocycles. The summed E-state index contributed by atoms with van der Waals surface area (Å²) in [5.41, 5.74) is -0.150. The average molecular weight is 588 g/mol. The van der Waals surface area contributed by atoms with E-state index in [1.165, 1.54) is 36.9 Å². The number of hydrogen-bond acceptors (Lipinski definition) is 9. The van der Waals surface area contributed by atoms with Crippen molar-refractivity contribution in [3.63, 3.8) is 0 Å². The Morgan fingerprint density at radius 1 is 1.07 bits per heavy atom. The summed E-state index contributed by atoms with van der Waals surface area (Å²) in [5, 5.41) is 12.6. The van der Waals surface area contributed by atoms with Gasteiger partial charge in [0.05, 0.1) is 31.2 Å². The SMILES string of the molecule is CCN1CCn2ncc(Nc3nc(Nc4ccc(C(=O)NCCN5CCCC5)cc4OC)ncc3C(F)(F)F)c2C1=O. The molecular weight excluding hydrogens is 555 g/mol. The summed E-state index contributed by atoms with van der Waals surface area (Å²) in [7, 11) is 1.41. The zero-order valence-corrected chi connectivity index (χ0v) is 23.3. The van der Waals surface area contributed by atoms with E-state index in [4.69, 9.17) is 4.74 Å². The van der Waals surface area contributed by atoms with E-state index in [9.17, 15) is 22.8 Å². The van der Waals surface area contributed by atoms with Crippen molar-refractivity contribution >= 4 is 35.0 Å². The molecule has 0 atom stereocenters. The number of aromatic nitrogens is 4. The van der Waals surface area contributed by atoms with Crippen LogP contribution >= 0.6 is 0 Å². The standard InChI is InChI=1S/C27H32F3N9O3/c1-3-38-12-13-39-22(25(38)41)20(16-33-39)34-23-18(27(28,29)30)15-32-26(36-23)35-19-7-6-17(14-21(19)42-2)24(40)31-8-11-37-9-4-5-10-37/h6-7,14-16H,3-5,8-13H2,1-2H3,(H,31,40)(H2,32,34,35,36). The highest BCUT2D eigenvalue weighted by Crippen LogP contribution is 2.37. The number of benzene rings is 1. The van der Waals surface area contributed by atoms with E-state index in [-0.39, 0.29) is 34.9 Å². The Morgan fingerprint density at radius 3 is 2.57 bits per heavy atom. The zero-order valence-electron chi connectivity index (χ0n) is 23.3. The van der Waals surface area contributed by atoms with E-state index in [1.54, 1.807) is 17.0 Å². The van der Waals surface area contributed by atoms with Crippen molar-refractivity contribution in [2.75, 3.05) is 57.0 Å². The molecule has 224 valence electrons. The summed E-state index contributed by atoms with van der Waals surface area (Å²) < 4.78 is 48.5. The van der Waals surface area contributed by atoms with E-state index in [2.05, 4.69) is 35.9 Å². The number of anilines is 4. The molecule has 3 N–H and O–H groups in total. The lowest BCUT2D eigenvalue weighted by Crippen LogP contribution is -2.40. The van der Waals surface area contributed by atoms with Crippen LogP contribution in [-0.4, -0.2) is 87.7 Å². The van der Waals surface area contributed by atoms with Gasteiger partial charge < -0.3 is 30.5 Å². The van der Waals surface area contributed by atoms with Gasteiger partial charge in [0, 0.05) is 37.9 Å². The molecule has 1 fully saturated rings. The summed E-state index contributed by atoms with van der Waals surface area (Å²) in [6, 6.07) is 4.67. The van der Waals surface area contributed by atoms with Crippen LogP contribution < -0.4 is 20.7 Å². The lowest BCUT2D eigenvalue weighted by molar-refractivity contribution is -0.137. The molecule has 2 aromatic heterocycles. The van der Waals surface area contributed by atoms with Crippen LogP contribution in [0.25, 0.3) is 0 Å². The molecule has 0 aliphatic carbocycles. The summed E-state index contributed by atoms with van der Waals surface area (Å²) in [5.74, 6) is -1.04. The Kier molecular flexibility index (Phi) is 8.47. The van der Waals surface area contributed by atoms with Crippen molar-refractivity contribution in [2.45, 2.75) is 32.5 Å². The van der Waals surface area contributed by atoms with Crippen LogP contribution in [0.4, 0.5) is 36.3 Å². The van der Waals surface area contributed by atoms with Gasteiger partial charge in [0.25, 0.3) is 11.8 Å². The third-order valence-corrected chi connectivity index (χ3v) is 7.26. The maximum Gasteiger partial charge on any atom is 0.421 e. The molecule has 2 aliphatic rings. The van der Waals surface area contributed by atoms with Crippen molar-refractivity contribution in [3.8, 4) is 5.75 Å². The molecule has 42 heavy (non-hydrogen) atoms. The third-order valence-electron chi connectivity index (χ3n) is 7.26. The van der Waals surface area contributed by atoms with Crippen LogP contribution in [0.3, 0.4) is 0 Å². The number of likely N-dealkylation sites (N-methyl/N-ethyl adjacent to an activating group) is 1. The molecular formula is C27H32F3N9O3. The number of nitrogens with one attached hydrogen (secondary N) is 3. The molecule has 0 bridgehead atoms. The summed E-state index contributed by atoms with van der Waals surface area (Å²) in [6.07, 6.45) is -0.469. The van der Waals surface area contributed by atoms with E-state index in [0.717, 1.165) is 19.6 Å². The molecule has 0 radical (unpaired) electrons. The van der Waals surface area contributed by atoms with Crippen molar-refractivity contribution in [1.82, 2.24) is 34.9 Å². The molecule has 2 aliphatic heterocycles. The molecule has 15 heteroatoms. The Hall–Kier alpha value is -4.40. The minimum atomic E-state index is -4.77. The maximum atomic E-state index is 13.9. The van der Waals surface area contributed by atoms with Gasteiger partial charge in [0.1, 0.15) is 22.8 Å². The normalized spacial score (nSPS) is 15.5. The highest BCUT2D eigenvalue weighted by Gasteiger charge is 2.36. The number of amides is 2. The van der Waals surface area contributed by atoms with Gasteiger partial charge in [-0.15, -0.1) is 0 Å². The van der Waals surface area contributed by atoms with E-state index in [0.29, 0.717) is 43.6 Å². The van der Waals surface area contributed by atoms with E-state index >= 15 is 0 Å². The minimum Gasteiger partial charge on any atom is -0.495 e. The van der Waals surface area contributed by atoms with Crippen LogP contribution in [0.5, 0.6) is 5.75 Å². The van der Waals surface area contributed by atoms with Gasteiger partial charge in [0.2, 0.25) is 5.95 Å². The van der Waals surface area contributed by atoms with Gasteiger partial charge >= 0.3 is 6.18 Å². The summed E-state index contributed by atoms with van der Waals surface area (Å²) >= 11 is 0. The lowest BCUT2D eigenvalue weighted by atomic mass is 10.1. The molecule has 2 amide bonds. The number of likely N-dealkylation sites (tertiary alicyclic amines) is 1. The molecule has 5 rings (SSSR count). The van der Waals surface area contributed by atoms with Gasteiger partial charge in [-0.3, -0.25) is 14.3 Å². The Bertz CT molecular complexity index is 1450. The second-order valence-corrected chi connectivity index (χ2v) is 9.94. The molecule has 1 saturated heterocycles. The minimum absolute atomic E-state index is 0.103. The monoisotopic (exact) mass is 587 g/mol. The van der Waals surface area contributed by atoms with Gasteiger partial charge in [-0.1, -0.05) is 0 Å². The highest BCUT2D eigenvalue weighted by molar-refractivity contribution is 5.99. The Morgan fingerprint density at radius 2 is 1.86 bits per heavy atom. The fraction of sp³-hybridized carbons (Fsp3) is 0.444. The van der Waals surface area contributed by atoms with Gasteiger partial charge in [-0.25, -0.2) is 4.98 Å². The van der Waals surface area contributed by atoms with Gasteiger partial charge in [-0.05, 0) is 51.1 Å². The van der Waals surface area contributed by atoms with Gasteiger partial charge in [-0.2, -0.15) is 23.3 Å². The Balaban J connectivity index is 1.35. The topological polar surface area (TPSA) is 130 Å². The second-order valence-electron chi connectivity index (χ2n) is 9.94. The number of ether oxygens (including phenoxy) is 1. The smallest absolute Gasteiger partial charge is 0.421 e. The first kappa shape index (κ1) is 29.1. The van der Waals surface area contributed by atoms with Crippen molar-refractivity contribution < 1.29 is 27.5 Å². The molecule has 0 saturated carbocycles. The van der Waals surface area contributed by atoms with Crippen LogP contribution in [0, 0.1) is 0 Å². The van der Waals surface area contributed by atoms with Crippen molar-refractivity contribution in [2.24, 2.45) is 0 Å². The van der Waals surface area contributed by atoms with Gasteiger partial charge in [0.15, 0.2) is 0 Å². The molecule has 0 spiro atoms. The zero-order chi connectivity index (χ0) is 29.9. The average Bonchev–Trinajstić information content (AvgIpc) is 3.63. The number of carbonyl (C=O) groups excluding carboxylic acids is 2. The first-order valence-corrected chi connectivity index (χ1v) is 13.7. The van der Waals surface area contributed by atoms with Crippen LogP contribution in [0.2, 0.25) is 0 Å². The third kappa shape index (κ3) is 6.25.